The standard InChI is InChI=1S/C24H22F3N3O/c25-24(26,27)31-22-10-8-19(9-11-22)7-4-13-29-14-12-23-21(16-29)17-30(18-28-23)15-20-5-2-1-3-6-20/h1-3,5-6,8-11,18H,12-17H2. The zero-order valence-electron chi connectivity index (χ0n) is 16.9. The van der Waals surface area contributed by atoms with Gasteiger partial charge < -0.3 is 9.64 Å². The molecule has 0 aromatic heterocycles. The quantitative estimate of drug-likeness (QED) is 0.678. The van der Waals surface area contributed by atoms with Crippen LogP contribution in [0, 0.1) is 11.8 Å². The predicted molar refractivity (Wildman–Crippen MR) is 113 cm³/mol. The van der Waals surface area contributed by atoms with Gasteiger partial charge in [0.05, 0.1) is 12.9 Å². The number of rotatable bonds is 4. The van der Waals surface area contributed by atoms with Crippen molar-refractivity contribution in [1.82, 2.24) is 9.80 Å². The van der Waals surface area contributed by atoms with Gasteiger partial charge in [0, 0.05) is 43.9 Å². The van der Waals surface area contributed by atoms with E-state index in [2.05, 4.69) is 43.5 Å². The van der Waals surface area contributed by atoms with Crippen LogP contribution in [0.5, 0.6) is 5.75 Å². The minimum absolute atomic E-state index is 0.244. The molecule has 2 heterocycles. The molecule has 0 bridgehead atoms. The molecule has 0 unspecified atom stereocenters. The molecule has 31 heavy (non-hydrogen) atoms. The third-order valence-electron chi connectivity index (χ3n) is 5.11. The number of benzene rings is 2. The molecule has 0 spiro atoms. The van der Waals surface area contributed by atoms with E-state index >= 15 is 0 Å². The van der Waals surface area contributed by atoms with E-state index in [0.717, 1.165) is 32.6 Å². The molecule has 0 saturated carbocycles. The molecule has 2 aromatic rings. The summed E-state index contributed by atoms with van der Waals surface area (Å²) >= 11 is 0. The summed E-state index contributed by atoms with van der Waals surface area (Å²) in [6.07, 6.45) is -1.85. The molecule has 0 fully saturated rings. The van der Waals surface area contributed by atoms with Gasteiger partial charge in [-0.1, -0.05) is 42.2 Å². The average molecular weight is 425 g/mol. The second-order valence-electron chi connectivity index (χ2n) is 7.52. The monoisotopic (exact) mass is 425 g/mol. The lowest BCUT2D eigenvalue weighted by Crippen LogP contribution is -2.38. The van der Waals surface area contributed by atoms with Crippen LogP contribution in [0.15, 0.2) is 70.9 Å². The average Bonchev–Trinajstić information content (AvgIpc) is 2.74. The van der Waals surface area contributed by atoms with Gasteiger partial charge in [0.1, 0.15) is 5.75 Å². The molecule has 0 atom stereocenters. The van der Waals surface area contributed by atoms with Crippen LogP contribution in [0.3, 0.4) is 0 Å². The molecule has 2 aliphatic heterocycles. The van der Waals surface area contributed by atoms with Gasteiger partial charge in [-0.15, -0.1) is 13.2 Å². The van der Waals surface area contributed by atoms with Gasteiger partial charge in [0.15, 0.2) is 0 Å². The number of alkyl halides is 3. The molecule has 7 heteroatoms. The minimum atomic E-state index is -4.69. The highest BCUT2D eigenvalue weighted by Crippen LogP contribution is 2.24. The van der Waals surface area contributed by atoms with E-state index in [9.17, 15) is 13.2 Å². The van der Waals surface area contributed by atoms with Crippen molar-refractivity contribution >= 4 is 6.34 Å². The van der Waals surface area contributed by atoms with Crippen LogP contribution in [0.1, 0.15) is 17.5 Å². The van der Waals surface area contributed by atoms with Gasteiger partial charge in [-0.3, -0.25) is 4.90 Å². The summed E-state index contributed by atoms with van der Waals surface area (Å²) in [6.45, 7) is 4.00. The molecule has 2 aromatic carbocycles. The van der Waals surface area contributed by atoms with E-state index in [1.165, 1.54) is 41.1 Å². The summed E-state index contributed by atoms with van der Waals surface area (Å²) in [5, 5.41) is 0. The lowest BCUT2D eigenvalue weighted by atomic mass is 10.0. The summed E-state index contributed by atoms with van der Waals surface area (Å²) in [7, 11) is 0. The summed E-state index contributed by atoms with van der Waals surface area (Å²) in [5.74, 6) is 5.89. The van der Waals surface area contributed by atoms with Crippen molar-refractivity contribution in [2.75, 3.05) is 26.2 Å². The molecule has 160 valence electrons. The van der Waals surface area contributed by atoms with Gasteiger partial charge in [-0.2, -0.15) is 0 Å². The predicted octanol–water partition coefficient (Wildman–Crippen LogP) is 4.44. The maximum absolute atomic E-state index is 12.2. The van der Waals surface area contributed by atoms with Gasteiger partial charge in [-0.25, -0.2) is 4.99 Å². The van der Waals surface area contributed by atoms with E-state index in [-0.39, 0.29) is 5.75 Å². The molecular formula is C24H22F3N3O. The fourth-order valence-electron chi connectivity index (χ4n) is 3.66. The highest BCUT2D eigenvalue weighted by Gasteiger charge is 2.30. The SMILES string of the molecule is FC(F)(F)Oc1ccc(C#CCN2CCC3=C(CN(Cc4ccccc4)C=N3)C2)cc1. The summed E-state index contributed by atoms with van der Waals surface area (Å²) in [5.41, 5.74) is 4.40. The molecule has 0 radical (unpaired) electrons. The Bertz CT molecular complexity index is 1020. The summed E-state index contributed by atoms with van der Waals surface area (Å²) in [4.78, 5) is 9.14. The second kappa shape index (κ2) is 9.27. The van der Waals surface area contributed by atoms with Crippen molar-refractivity contribution in [3.63, 3.8) is 0 Å². The number of hydrogen-bond acceptors (Lipinski definition) is 4. The van der Waals surface area contributed by atoms with E-state index in [1.807, 2.05) is 24.5 Å². The molecule has 2 aliphatic rings. The maximum Gasteiger partial charge on any atom is 0.573 e. The van der Waals surface area contributed by atoms with Crippen molar-refractivity contribution in [3.8, 4) is 17.6 Å². The van der Waals surface area contributed by atoms with Crippen molar-refractivity contribution < 1.29 is 17.9 Å². The van der Waals surface area contributed by atoms with Gasteiger partial charge >= 0.3 is 6.36 Å². The van der Waals surface area contributed by atoms with Gasteiger partial charge in [0.2, 0.25) is 0 Å². The molecule has 0 N–H and O–H groups in total. The Balaban J connectivity index is 1.30. The van der Waals surface area contributed by atoms with Crippen LogP contribution in [0.25, 0.3) is 0 Å². The highest BCUT2D eigenvalue weighted by atomic mass is 19.4. The van der Waals surface area contributed by atoms with E-state index in [4.69, 9.17) is 0 Å². The van der Waals surface area contributed by atoms with Gasteiger partial charge in [0.25, 0.3) is 0 Å². The van der Waals surface area contributed by atoms with E-state index < -0.39 is 6.36 Å². The minimum Gasteiger partial charge on any atom is -0.406 e. The Hall–Kier alpha value is -3.24. The van der Waals surface area contributed by atoms with Crippen molar-refractivity contribution in [1.29, 1.82) is 0 Å². The summed E-state index contributed by atoms with van der Waals surface area (Å²) in [6, 6.07) is 15.9. The first kappa shape index (κ1) is 21.0. The first-order chi connectivity index (χ1) is 14.9. The van der Waals surface area contributed by atoms with Crippen LogP contribution < -0.4 is 4.74 Å². The fraction of sp³-hybridized carbons (Fsp3) is 0.292. The molecular weight excluding hydrogens is 403 g/mol. The van der Waals surface area contributed by atoms with Crippen molar-refractivity contribution in [3.05, 3.63) is 77.0 Å². The second-order valence-corrected chi connectivity index (χ2v) is 7.52. The number of nitrogens with zero attached hydrogens (tertiary/aromatic N) is 3. The third-order valence-corrected chi connectivity index (χ3v) is 5.11. The number of hydrogen-bond donors (Lipinski definition) is 0. The van der Waals surface area contributed by atoms with Crippen LogP contribution in [-0.4, -0.2) is 48.7 Å². The zero-order chi connectivity index (χ0) is 21.7. The Morgan fingerprint density at radius 3 is 2.52 bits per heavy atom. The lowest BCUT2D eigenvalue weighted by Gasteiger charge is -2.33. The molecule has 4 rings (SSSR count). The molecule has 0 aliphatic carbocycles. The zero-order valence-corrected chi connectivity index (χ0v) is 16.9. The van der Waals surface area contributed by atoms with E-state index in [0.29, 0.717) is 12.1 Å². The first-order valence-electron chi connectivity index (χ1n) is 10.0. The Labute approximate surface area is 179 Å². The number of halogens is 3. The fourth-order valence-corrected chi connectivity index (χ4v) is 3.66. The van der Waals surface area contributed by atoms with E-state index in [1.54, 1.807) is 0 Å². The van der Waals surface area contributed by atoms with Crippen molar-refractivity contribution in [2.24, 2.45) is 4.99 Å². The third kappa shape index (κ3) is 6.12. The first-order valence-corrected chi connectivity index (χ1v) is 10.0. The largest absolute Gasteiger partial charge is 0.573 e. The van der Waals surface area contributed by atoms with Crippen LogP contribution in [-0.2, 0) is 6.54 Å². The highest BCUT2D eigenvalue weighted by molar-refractivity contribution is 5.60. The normalized spacial score (nSPS) is 16.5. The van der Waals surface area contributed by atoms with Crippen LogP contribution in [0.4, 0.5) is 13.2 Å². The van der Waals surface area contributed by atoms with Gasteiger partial charge in [-0.05, 0) is 35.4 Å². The van der Waals surface area contributed by atoms with Crippen molar-refractivity contribution in [2.45, 2.75) is 19.3 Å². The topological polar surface area (TPSA) is 28.1 Å². The van der Waals surface area contributed by atoms with Crippen LogP contribution in [0.2, 0.25) is 0 Å². The molecule has 4 nitrogen and oxygen atoms in total. The number of ether oxygens (including phenoxy) is 1. The lowest BCUT2D eigenvalue weighted by molar-refractivity contribution is -0.274. The number of aliphatic imine (C=N–C) groups is 1. The molecule has 0 saturated heterocycles. The Morgan fingerprint density at radius 1 is 1.00 bits per heavy atom. The molecule has 0 amide bonds. The smallest absolute Gasteiger partial charge is 0.406 e. The van der Waals surface area contributed by atoms with Crippen LogP contribution >= 0.6 is 0 Å². The summed E-state index contributed by atoms with van der Waals surface area (Å²) < 4.78 is 40.6. The maximum atomic E-state index is 12.2. The Kier molecular flexibility index (Phi) is 6.28. The Morgan fingerprint density at radius 2 is 1.77 bits per heavy atom.